The second kappa shape index (κ2) is 7.75. The number of carbonyl (C=O) groups excluding carboxylic acids is 2. The first-order valence-corrected chi connectivity index (χ1v) is 8.36. The number of aryl methyl sites for hydroxylation is 1. The van der Waals surface area contributed by atoms with Gasteiger partial charge in [-0.3, -0.25) is 9.59 Å². The highest BCUT2D eigenvalue weighted by atomic mass is 16.3. The summed E-state index contributed by atoms with van der Waals surface area (Å²) in [5, 5.41) is 0. The van der Waals surface area contributed by atoms with Gasteiger partial charge < -0.3 is 4.42 Å². The van der Waals surface area contributed by atoms with E-state index in [2.05, 4.69) is 0 Å². The van der Waals surface area contributed by atoms with Gasteiger partial charge in [-0.2, -0.15) is 0 Å². The average molecular weight is 332 g/mol. The fourth-order valence-electron chi connectivity index (χ4n) is 2.88. The predicted octanol–water partition coefficient (Wildman–Crippen LogP) is 5.22. The number of rotatable bonds is 7. The second-order valence-electron chi connectivity index (χ2n) is 6.13. The number of benzene rings is 2. The van der Waals surface area contributed by atoms with Crippen LogP contribution in [-0.4, -0.2) is 11.6 Å². The van der Waals surface area contributed by atoms with Crippen LogP contribution >= 0.6 is 0 Å². The number of hydrogen-bond donors (Lipinski definition) is 0. The molecule has 2 aromatic carbocycles. The van der Waals surface area contributed by atoms with Crippen LogP contribution in [0.15, 0.2) is 77.2 Å². The van der Waals surface area contributed by atoms with Gasteiger partial charge in [0.2, 0.25) is 0 Å². The van der Waals surface area contributed by atoms with E-state index in [1.54, 1.807) is 24.3 Å². The summed E-state index contributed by atoms with van der Waals surface area (Å²) in [5.41, 5.74) is 1.31. The van der Waals surface area contributed by atoms with Gasteiger partial charge in [0.1, 0.15) is 11.5 Å². The Labute approximate surface area is 147 Å². The first-order chi connectivity index (χ1) is 12.1. The Morgan fingerprint density at radius 2 is 1.24 bits per heavy atom. The second-order valence-corrected chi connectivity index (χ2v) is 6.13. The number of carbonyl (C=O) groups is 2. The number of Topliss-reactive ketones (excluding diaryl/α,β-unsaturated/α-hetero) is 2. The summed E-state index contributed by atoms with van der Waals surface area (Å²) in [4.78, 5) is 25.2. The van der Waals surface area contributed by atoms with Crippen LogP contribution in [0, 0.1) is 6.92 Å². The smallest absolute Gasteiger partial charge is 0.163 e. The van der Waals surface area contributed by atoms with Crippen LogP contribution in [0.2, 0.25) is 0 Å². The van der Waals surface area contributed by atoms with Crippen molar-refractivity contribution in [2.45, 2.75) is 25.7 Å². The zero-order valence-electron chi connectivity index (χ0n) is 14.1. The lowest BCUT2D eigenvalue weighted by Crippen LogP contribution is -2.12. The lowest BCUT2D eigenvalue weighted by atomic mass is 9.90. The molecule has 0 saturated heterocycles. The Balaban J connectivity index is 1.81. The van der Waals surface area contributed by atoms with Crippen LogP contribution in [-0.2, 0) is 0 Å². The molecule has 3 aromatic rings. The van der Waals surface area contributed by atoms with E-state index in [9.17, 15) is 9.59 Å². The highest BCUT2D eigenvalue weighted by Crippen LogP contribution is 2.28. The van der Waals surface area contributed by atoms with Crippen LogP contribution in [0.4, 0.5) is 0 Å². The van der Waals surface area contributed by atoms with Crippen molar-refractivity contribution in [2.24, 2.45) is 0 Å². The lowest BCUT2D eigenvalue weighted by molar-refractivity contribution is 0.0938. The fourth-order valence-corrected chi connectivity index (χ4v) is 2.88. The van der Waals surface area contributed by atoms with Gasteiger partial charge in [-0.1, -0.05) is 60.7 Å². The van der Waals surface area contributed by atoms with Crippen LogP contribution in [0.3, 0.4) is 0 Å². The molecule has 0 N–H and O–H groups in total. The summed E-state index contributed by atoms with van der Waals surface area (Å²) in [6.07, 6.45) is 0.491. The molecule has 0 radical (unpaired) electrons. The minimum absolute atomic E-state index is 0.0144. The molecule has 0 saturated carbocycles. The van der Waals surface area contributed by atoms with Crippen molar-refractivity contribution in [2.75, 3.05) is 0 Å². The van der Waals surface area contributed by atoms with Crippen molar-refractivity contribution >= 4 is 11.6 Å². The largest absolute Gasteiger partial charge is 0.466 e. The van der Waals surface area contributed by atoms with E-state index in [-0.39, 0.29) is 30.3 Å². The molecule has 25 heavy (non-hydrogen) atoms. The maximum Gasteiger partial charge on any atom is 0.163 e. The topological polar surface area (TPSA) is 47.3 Å². The monoisotopic (exact) mass is 332 g/mol. The molecule has 0 aliphatic heterocycles. The molecule has 0 fully saturated rings. The van der Waals surface area contributed by atoms with Crippen LogP contribution < -0.4 is 0 Å². The summed E-state index contributed by atoms with van der Waals surface area (Å²) in [5.74, 6) is 1.22. The molecule has 0 bridgehead atoms. The zero-order chi connectivity index (χ0) is 17.6. The van der Waals surface area contributed by atoms with Gasteiger partial charge in [0.25, 0.3) is 0 Å². The van der Waals surface area contributed by atoms with Crippen molar-refractivity contribution in [1.29, 1.82) is 0 Å². The van der Waals surface area contributed by atoms with Crippen LogP contribution in [0.25, 0.3) is 0 Å². The molecule has 1 heterocycles. The van der Waals surface area contributed by atoms with E-state index in [4.69, 9.17) is 4.42 Å². The third-order valence-corrected chi connectivity index (χ3v) is 4.22. The normalized spacial score (nSPS) is 10.8. The maximum atomic E-state index is 12.6. The molecule has 0 aliphatic rings. The van der Waals surface area contributed by atoms with Gasteiger partial charge in [-0.25, -0.2) is 0 Å². The van der Waals surface area contributed by atoms with E-state index in [0.717, 1.165) is 5.76 Å². The summed E-state index contributed by atoms with van der Waals surface area (Å²) < 4.78 is 5.71. The standard InChI is InChI=1S/C22H20O3/c1-16-12-13-22(25-16)19(14-20(23)17-8-4-2-5-9-17)15-21(24)18-10-6-3-7-11-18/h2-13,19H,14-15H2,1H3. The SMILES string of the molecule is Cc1ccc(C(CC(=O)c2ccccc2)CC(=O)c2ccccc2)o1. The molecule has 0 atom stereocenters. The molecule has 1 aromatic heterocycles. The van der Waals surface area contributed by atoms with E-state index in [1.165, 1.54) is 0 Å². The first-order valence-electron chi connectivity index (χ1n) is 8.36. The van der Waals surface area contributed by atoms with E-state index < -0.39 is 0 Å². The summed E-state index contributed by atoms with van der Waals surface area (Å²) >= 11 is 0. The predicted molar refractivity (Wildman–Crippen MR) is 97.0 cm³/mol. The Hall–Kier alpha value is -2.94. The molecule has 0 spiro atoms. The minimum Gasteiger partial charge on any atom is -0.466 e. The van der Waals surface area contributed by atoms with Gasteiger partial charge in [0.15, 0.2) is 11.6 Å². The van der Waals surface area contributed by atoms with E-state index in [1.807, 2.05) is 55.5 Å². The van der Waals surface area contributed by atoms with Crippen molar-refractivity contribution in [1.82, 2.24) is 0 Å². The van der Waals surface area contributed by atoms with Gasteiger partial charge in [0.05, 0.1) is 0 Å². The number of ketones is 2. The van der Waals surface area contributed by atoms with Crippen molar-refractivity contribution in [3.8, 4) is 0 Å². The summed E-state index contributed by atoms with van der Waals surface area (Å²) in [6, 6.07) is 22.0. The Morgan fingerprint density at radius 3 is 1.64 bits per heavy atom. The molecule has 0 aliphatic carbocycles. The summed E-state index contributed by atoms with van der Waals surface area (Å²) in [7, 11) is 0. The molecular weight excluding hydrogens is 312 g/mol. The van der Waals surface area contributed by atoms with Gasteiger partial charge >= 0.3 is 0 Å². The first kappa shape index (κ1) is 16.9. The Morgan fingerprint density at radius 1 is 0.760 bits per heavy atom. The molecule has 0 unspecified atom stereocenters. The number of furan rings is 1. The van der Waals surface area contributed by atoms with E-state index >= 15 is 0 Å². The third-order valence-electron chi connectivity index (χ3n) is 4.22. The van der Waals surface area contributed by atoms with Gasteiger partial charge in [0, 0.05) is 29.9 Å². The van der Waals surface area contributed by atoms with Crippen LogP contribution in [0.1, 0.15) is 51.0 Å². The average Bonchev–Trinajstić information content (AvgIpc) is 3.09. The lowest BCUT2D eigenvalue weighted by Gasteiger charge is -2.13. The molecule has 3 nitrogen and oxygen atoms in total. The Bertz CT molecular complexity index is 794. The Kier molecular flexibility index (Phi) is 5.24. The molecular formula is C22H20O3. The maximum absolute atomic E-state index is 12.6. The minimum atomic E-state index is -0.269. The van der Waals surface area contributed by atoms with E-state index in [0.29, 0.717) is 16.9 Å². The van der Waals surface area contributed by atoms with Gasteiger partial charge in [-0.15, -0.1) is 0 Å². The fraction of sp³-hybridized carbons (Fsp3) is 0.182. The quantitative estimate of drug-likeness (QED) is 0.557. The molecule has 3 heteroatoms. The van der Waals surface area contributed by atoms with Crippen molar-refractivity contribution < 1.29 is 14.0 Å². The van der Waals surface area contributed by atoms with Crippen molar-refractivity contribution in [3.05, 3.63) is 95.4 Å². The van der Waals surface area contributed by atoms with Crippen LogP contribution in [0.5, 0.6) is 0 Å². The molecule has 0 amide bonds. The number of hydrogen-bond acceptors (Lipinski definition) is 3. The highest BCUT2D eigenvalue weighted by Gasteiger charge is 2.23. The molecule has 126 valence electrons. The van der Waals surface area contributed by atoms with Crippen molar-refractivity contribution in [3.63, 3.8) is 0 Å². The molecule has 3 rings (SSSR count). The highest BCUT2D eigenvalue weighted by molar-refractivity contribution is 5.99. The zero-order valence-corrected chi connectivity index (χ0v) is 14.1. The van der Waals surface area contributed by atoms with Gasteiger partial charge in [-0.05, 0) is 19.1 Å². The summed E-state index contributed by atoms with van der Waals surface area (Å²) in [6.45, 7) is 1.86. The third kappa shape index (κ3) is 4.32.